The molecule has 10 atom stereocenters. The van der Waals surface area contributed by atoms with Gasteiger partial charge in [0.05, 0.1) is 0 Å². The summed E-state index contributed by atoms with van der Waals surface area (Å²) < 4.78 is 0. The molecule has 4 bridgehead atoms. The number of allylic oxidation sites excluding steroid dienone is 4. The van der Waals surface area contributed by atoms with Crippen molar-refractivity contribution in [3.8, 4) is 0 Å². The Hall–Kier alpha value is -1.18. The Bertz CT molecular complexity index is 860. The summed E-state index contributed by atoms with van der Waals surface area (Å²) in [7, 11) is 0. The lowest BCUT2D eigenvalue weighted by Crippen LogP contribution is -2.62. The lowest BCUT2D eigenvalue weighted by Gasteiger charge is -2.65. The standard InChI is InChI=1S/C28H36O2/c1-27(2)13-9-19-15(21(27)11-13)5-7-17-23(19)26(30)24-18(25(17)29)8-6-16-20(24)10-14-12-22(16)28(14,3)4/h5-6,13-14,17-24H,7-12H2,1-4H3/t13-,14-,17-,18-,19+,20+,21+,22+,23-,24+/m1/s1. The molecule has 0 radical (unpaired) electrons. The van der Waals surface area contributed by atoms with Crippen LogP contribution in [0, 0.1) is 70.0 Å². The number of ketones is 2. The van der Waals surface area contributed by atoms with Crippen molar-refractivity contribution >= 4 is 11.6 Å². The molecule has 0 aliphatic heterocycles. The average Bonchev–Trinajstić information content (AvgIpc) is 2.74. The number of rotatable bonds is 0. The van der Waals surface area contributed by atoms with Crippen molar-refractivity contribution in [1.29, 1.82) is 0 Å². The van der Waals surface area contributed by atoms with Crippen molar-refractivity contribution in [2.75, 3.05) is 0 Å². The fourth-order valence-electron chi connectivity index (χ4n) is 9.92. The fourth-order valence-corrected chi connectivity index (χ4v) is 9.92. The summed E-state index contributed by atoms with van der Waals surface area (Å²) in [6.07, 6.45) is 11.4. The second-order valence-corrected chi connectivity index (χ2v) is 13.2. The van der Waals surface area contributed by atoms with E-state index in [0.717, 1.165) is 37.5 Å². The highest BCUT2D eigenvalue weighted by molar-refractivity contribution is 6.01. The van der Waals surface area contributed by atoms with Crippen molar-refractivity contribution in [2.24, 2.45) is 70.0 Å². The minimum atomic E-state index is -0.0161. The molecule has 0 N–H and O–H groups in total. The van der Waals surface area contributed by atoms with Crippen LogP contribution in [-0.2, 0) is 9.59 Å². The highest BCUT2D eigenvalue weighted by Crippen LogP contribution is 2.69. The first-order valence-corrected chi connectivity index (χ1v) is 12.7. The van der Waals surface area contributed by atoms with Gasteiger partial charge in [0, 0.05) is 23.7 Å². The SMILES string of the molecule is CC1(C)[C@@H]2C[C@H]3C(=CC[C@H]4C(=O)[C@@H]5CC=C6[C@H](C[C@@H]7C[C@@H]6C7(C)C)[C@H]5C(=O)[C@H]43)[C@@H]1C2. The summed E-state index contributed by atoms with van der Waals surface area (Å²) in [6, 6.07) is 0. The number of hydrogen-bond acceptors (Lipinski definition) is 2. The summed E-state index contributed by atoms with van der Waals surface area (Å²) in [4.78, 5) is 27.9. The Morgan fingerprint density at radius 3 is 1.47 bits per heavy atom. The summed E-state index contributed by atoms with van der Waals surface area (Å²) in [5, 5.41) is 0. The van der Waals surface area contributed by atoms with Crippen LogP contribution in [0.3, 0.4) is 0 Å². The largest absolute Gasteiger partial charge is 0.299 e. The van der Waals surface area contributed by atoms with E-state index in [9.17, 15) is 9.59 Å². The molecule has 0 aromatic rings. The van der Waals surface area contributed by atoms with E-state index in [1.54, 1.807) is 11.1 Å². The molecule has 0 unspecified atom stereocenters. The van der Waals surface area contributed by atoms with Crippen LogP contribution < -0.4 is 0 Å². The van der Waals surface area contributed by atoms with Gasteiger partial charge >= 0.3 is 0 Å². The van der Waals surface area contributed by atoms with Gasteiger partial charge in [-0.2, -0.15) is 0 Å². The number of fused-ring (bicyclic) bond motifs is 2. The van der Waals surface area contributed by atoms with Crippen molar-refractivity contribution in [2.45, 2.75) is 66.2 Å². The topological polar surface area (TPSA) is 34.1 Å². The van der Waals surface area contributed by atoms with E-state index < -0.39 is 0 Å². The third kappa shape index (κ3) is 1.91. The number of carbonyl (C=O) groups is 2. The van der Waals surface area contributed by atoms with Crippen LogP contribution in [0.2, 0.25) is 0 Å². The lowest BCUT2D eigenvalue weighted by molar-refractivity contribution is -0.159. The smallest absolute Gasteiger partial charge is 0.141 e. The second kappa shape index (κ2) is 5.41. The van der Waals surface area contributed by atoms with Crippen molar-refractivity contribution in [3.05, 3.63) is 23.3 Å². The molecule has 160 valence electrons. The summed E-state index contributed by atoms with van der Waals surface area (Å²) in [6.45, 7) is 9.69. The van der Waals surface area contributed by atoms with E-state index >= 15 is 0 Å². The van der Waals surface area contributed by atoms with Gasteiger partial charge in [0.15, 0.2) is 0 Å². The highest BCUT2D eigenvalue weighted by atomic mass is 16.1. The second-order valence-electron chi connectivity index (χ2n) is 13.2. The first-order chi connectivity index (χ1) is 14.2. The Kier molecular flexibility index (Phi) is 3.32. The van der Waals surface area contributed by atoms with Gasteiger partial charge in [-0.1, -0.05) is 51.0 Å². The monoisotopic (exact) mass is 404 g/mol. The molecular formula is C28H36O2. The van der Waals surface area contributed by atoms with E-state index in [2.05, 4.69) is 39.8 Å². The van der Waals surface area contributed by atoms with Crippen LogP contribution in [0.15, 0.2) is 23.3 Å². The van der Waals surface area contributed by atoms with Crippen LogP contribution >= 0.6 is 0 Å². The van der Waals surface area contributed by atoms with Gasteiger partial charge in [-0.3, -0.25) is 9.59 Å². The third-order valence-corrected chi connectivity index (χ3v) is 12.0. The first kappa shape index (κ1) is 18.4. The lowest BCUT2D eigenvalue weighted by atomic mass is 9.39. The van der Waals surface area contributed by atoms with Crippen molar-refractivity contribution < 1.29 is 9.59 Å². The minimum absolute atomic E-state index is 0.00534. The van der Waals surface area contributed by atoms with Gasteiger partial charge in [-0.25, -0.2) is 0 Å². The highest BCUT2D eigenvalue weighted by Gasteiger charge is 2.65. The fraction of sp³-hybridized carbons (Fsp3) is 0.786. The number of Topliss-reactive ketones (excluding diaryl/α,β-unsaturated/α-hetero) is 2. The molecule has 7 saturated carbocycles. The van der Waals surface area contributed by atoms with Crippen LogP contribution in [0.25, 0.3) is 0 Å². The maximum atomic E-state index is 14.2. The van der Waals surface area contributed by atoms with Crippen molar-refractivity contribution in [1.82, 2.24) is 0 Å². The molecule has 2 heteroatoms. The van der Waals surface area contributed by atoms with Gasteiger partial charge in [-0.05, 0) is 84.9 Å². The Morgan fingerprint density at radius 1 is 0.633 bits per heavy atom. The van der Waals surface area contributed by atoms with Crippen LogP contribution in [-0.4, -0.2) is 11.6 Å². The molecule has 0 amide bonds. The molecule has 0 aromatic heterocycles. The zero-order valence-corrected chi connectivity index (χ0v) is 19.0. The Labute approximate surface area is 180 Å². The van der Waals surface area contributed by atoms with E-state index in [1.165, 1.54) is 12.8 Å². The van der Waals surface area contributed by atoms with Crippen LogP contribution in [0.5, 0.6) is 0 Å². The van der Waals surface area contributed by atoms with E-state index in [4.69, 9.17) is 0 Å². The molecule has 0 heterocycles. The molecule has 7 fully saturated rings. The van der Waals surface area contributed by atoms with Gasteiger partial charge in [-0.15, -0.1) is 0 Å². The molecular weight excluding hydrogens is 368 g/mol. The summed E-state index contributed by atoms with van der Waals surface area (Å²) in [5.74, 6) is 4.50. The van der Waals surface area contributed by atoms with Crippen molar-refractivity contribution in [3.63, 3.8) is 0 Å². The Balaban J connectivity index is 1.26. The molecule has 30 heavy (non-hydrogen) atoms. The summed E-state index contributed by atoms with van der Waals surface area (Å²) in [5.41, 5.74) is 3.94. The molecule has 2 nitrogen and oxygen atoms in total. The predicted molar refractivity (Wildman–Crippen MR) is 116 cm³/mol. The molecule has 0 aromatic carbocycles. The third-order valence-electron chi connectivity index (χ3n) is 12.0. The van der Waals surface area contributed by atoms with Gasteiger partial charge in [0.1, 0.15) is 11.6 Å². The molecule has 0 spiro atoms. The summed E-state index contributed by atoms with van der Waals surface area (Å²) >= 11 is 0. The first-order valence-electron chi connectivity index (χ1n) is 12.7. The molecule has 9 rings (SSSR count). The predicted octanol–water partition coefficient (Wildman–Crippen LogP) is 5.63. The van der Waals surface area contributed by atoms with Gasteiger partial charge in [0.25, 0.3) is 0 Å². The zero-order chi connectivity index (χ0) is 20.7. The normalized spacial score (nSPS) is 53.6. The average molecular weight is 405 g/mol. The quantitative estimate of drug-likeness (QED) is 0.491. The zero-order valence-electron chi connectivity index (χ0n) is 19.0. The molecule has 0 saturated heterocycles. The molecule has 9 aliphatic rings. The van der Waals surface area contributed by atoms with Crippen LogP contribution in [0.4, 0.5) is 0 Å². The van der Waals surface area contributed by atoms with Gasteiger partial charge in [0.2, 0.25) is 0 Å². The van der Waals surface area contributed by atoms with Gasteiger partial charge < -0.3 is 0 Å². The number of hydrogen-bond donors (Lipinski definition) is 0. The van der Waals surface area contributed by atoms with E-state index in [0.29, 0.717) is 46.1 Å². The maximum absolute atomic E-state index is 14.2. The Morgan fingerprint density at radius 2 is 1.07 bits per heavy atom. The minimum Gasteiger partial charge on any atom is -0.299 e. The number of carbonyl (C=O) groups excluding carboxylic acids is 2. The van der Waals surface area contributed by atoms with E-state index in [-0.39, 0.29) is 23.7 Å². The van der Waals surface area contributed by atoms with E-state index in [1.807, 2.05) is 0 Å². The maximum Gasteiger partial charge on any atom is 0.141 e. The molecule has 9 aliphatic carbocycles. The van der Waals surface area contributed by atoms with Crippen LogP contribution in [0.1, 0.15) is 66.2 Å².